The SMILES string of the molecule is COC(=O)c1ccc(C)c(-c2ccc3c(=O)n(Cc4cccc(OCCCN(C)C)c4)c(C)cc3c2)c1. The van der Waals surface area contributed by atoms with Gasteiger partial charge in [0.25, 0.3) is 5.56 Å². The van der Waals surface area contributed by atoms with Gasteiger partial charge in [-0.05, 0) is 104 Å². The lowest BCUT2D eigenvalue weighted by Gasteiger charge is -2.15. The molecule has 0 radical (unpaired) electrons. The number of ether oxygens (including phenoxy) is 2. The van der Waals surface area contributed by atoms with Crippen LogP contribution in [-0.4, -0.2) is 49.8 Å². The van der Waals surface area contributed by atoms with Gasteiger partial charge < -0.3 is 18.9 Å². The van der Waals surface area contributed by atoms with Gasteiger partial charge in [0, 0.05) is 17.6 Å². The lowest BCUT2D eigenvalue weighted by atomic mass is 9.96. The molecule has 37 heavy (non-hydrogen) atoms. The number of nitrogens with zero attached hydrogens (tertiary/aromatic N) is 2. The normalized spacial score (nSPS) is 11.2. The molecule has 0 amide bonds. The van der Waals surface area contributed by atoms with E-state index in [1.807, 2.05) is 74.5 Å². The van der Waals surface area contributed by atoms with Crippen LogP contribution < -0.4 is 10.3 Å². The molecular weight excluding hydrogens is 464 g/mol. The molecule has 0 aliphatic carbocycles. The molecule has 0 spiro atoms. The number of benzene rings is 3. The highest BCUT2D eigenvalue weighted by Crippen LogP contribution is 2.28. The van der Waals surface area contributed by atoms with Crippen molar-refractivity contribution in [3.05, 3.63) is 99.5 Å². The molecule has 0 atom stereocenters. The summed E-state index contributed by atoms with van der Waals surface area (Å²) in [6, 6.07) is 21.3. The van der Waals surface area contributed by atoms with Crippen LogP contribution in [0.15, 0.2) is 71.5 Å². The largest absolute Gasteiger partial charge is 0.494 e. The fourth-order valence-corrected chi connectivity index (χ4v) is 4.51. The first kappa shape index (κ1) is 26.2. The Morgan fingerprint density at radius 1 is 0.973 bits per heavy atom. The number of hydrogen-bond acceptors (Lipinski definition) is 5. The molecule has 6 nitrogen and oxygen atoms in total. The van der Waals surface area contributed by atoms with Gasteiger partial charge in [0.1, 0.15) is 5.75 Å². The summed E-state index contributed by atoms with van der Waals surface area (Å²) < 4.78 is 12.6. The van der Waals surface area contributed by atoms with E-state index in [0.29, 0.717) is 24.1 Å². The van der Waals surface area contributed by atoms with Crippen molar-refractivity contribution in [1.29, 1.82) is 0 Å². The minimum atomic E-state index is -0.371. The maximum absolute atomic E-state index is 13.5. The van der Waals surface area contributed by atoms with E-state index in [1.54, 1.807) is 10.6 Å². The second kappa shape index (κ2) is 11.4. The second-order valence-corrected chi connectivity index (χ2v) is 9.65. The van der Waals surface area contributed by atoms with E-state index in [9.17, 15) is 9.59 Å². The number of methoxy groups -OCH3 is 1. The van der Waals surface area contributed by atoms with E-state index in [1.165, 1.54) is 7.11 Å². The number of pyridine rings is 1. The van der Waals surface area contributed by atoms with E-state index in [2.05, 4.69) is 19.0 Å². The molecule has 0 saturated carbocycles. The summed E-state index contributed by atoms with van der Waals surface area (Å²) >= 11 is 0. The zero-order valence-corrected chi connectivity index (χ0v) is 22.2. The first-order chi connectivity index (χ1) is 17.8. The number of carbonyl (C=O) groups excluding carboxylic acids is 1. The fourth-order valence-electron chi connectivity index (χ4n) is 4.51. The van der Waals surface area contributed by atoms with E-state index in [-0.39, 0.29) is 11.5 Å². The first-order valence-corrected chi connectivity index (χ1v) is 12.5. The first-order valence-electron chi connectivity index (χ1n) is 12.5. The Morgan fingerprint density at radius 3 is 2.54 bits per heavy atom. The average Bonchev–Trinajstić information content (AvgIpc) is 2.88. The van der Waals surface area contributed by atoms with Crippen molar-refractivity contribution < 1.29 is 14.3 Å². The Hall–Kier alpha value is -3.90. The van der Waals surface area contributed by atoms with Crippen molar-refractivity contribution in [3.8, 4) is 16.9 Å². The summed E-state index contributed by atoms with van der Waals surface area (Å²) in [5, 5.41) is 1.53. The summed E-state index contributed by atoms with van der Waals surface area (Å²) in [4.78, 5) is 27.6. The maximum Gasteiger partial charge on any atom is 0.337 e. The maximum atomic E-state index is 13.5. The van der Waals surface area contributed by atoms with Crippen molar-refractivity contribution in [2.75, 3.05) is 34.4 Å². The van der Waals surface area contributed by atoms with Gasteiger partial charge >= 0.3 is 5.97 Å². The van der Waals surface area contributed by atoms with E-state index in [0.717, 1.165) is 52.0 Å². The third-order valence-electron chi connectivity index (χ3n) is 6.54. The summed E-state index contributed by atoms with van der Waals surface area (Å²) in [6.07, 6.45) is 0.953. The standard InChI is InChI=1S/C31H34N2O4/c1-21-10-11-25(31(35)36-5)19-29(21)24-12-13-28-26(18-24)16-22(2)33(30(28)34)20-23-8-6-9-27(17-23)37-15-7-14-32(3)4/h6,8-13,16-19H,7,14-15,20H2,1-5H3. The molecule has 0 aliphatic heterocycles. The Morgan fingerprint density at radius 2 is 1.78 bits per heavy atom. The van der Waals surface area contributed by atoms with Crippen LogP contribution in [-0.2, 0) is 11.3 Å². The van der Waals surface area contributed by atoms with Gasteiger partial charge in [-0.15, -0.1) is 0 Å². The molecule has 0 saturated heterocycles. The molecule has 4 aromatic rings. The van der Waals surface area contributed by atoms with Crippen LogP contribution >= 0.6 is 0 Å². The number of rotatable bonds is 9. The number of aryl methyl sites for hydroxylation is 2. The molecule has 0 fully saturated rings. The lowest BCUT2D eigenvalue weighted by Crippen LogP contribution is -2.23. The summed E-state index contributed by atoms with van der Waals surface area (Å²) in [6.45, 7) is 6.06. The Balaban J connectivity index is 1.61. The molecule has 1 aromatic heterocycles. The van der Waals surface area contributed by atoms with Gasteiger partial charge in [0.2, 0.25) is 0 Å². The minimum absolute atomic E-state index is 0.0288. The highest BCUT2D eigenvalue weighted by atomic mass is 16.5. The van der Waals surface area contributed by atoms with Gasteiger partial charge in [-0.3, -0.25) is 4.79 Å². The number of hydrogen-bond donors (Lipinski definition) is 0. The minimum Gasteiger partial charge on any atom is -0.494 e. The molecule has 192 valence electrons. The molecule has 6 heteroatoms. The zero-order valence-electron chi connectivity index (χ0n) is 22.2. The van der Waals surface area contributed by atoms with E-state index >= 15 is 0 Å². The van der Waals surface area contributed by atoms with Crippen molar-refractivity contribution in [3.63, 3.8) is 0 Å². The summed E-state index contributed by atoms with van der Waals surface area (Å²) in [5.74, 6) is 0.445. The van der Waals surface area contributed by atoms with Crippen LogP contribution in [0.5, 0.6) is 5.75 Å². The van der Waals surface area contributed by atoms with E-state index in [4.69, 9.17) is 9.47 Å². The van der Waals surface area contributed by atoms with Crippen molar-refractivity contribution in [2.24, 2.45) is 0 Å². The molecule has 1 heterocycles. The number of esters is 1. The van der Waals surface area contributed by atoms with Gasteiger partial charge in [-0.25, -0.2) is 4.79 Å². The highest BCUT2D eigenvalue weighted by molar-refractivity contribution is 5.93. The molecular formula is C31H34N2O4. The molecule has 0 aliphatic rings. The van der Waals surface area contributed by atoms with Gasteiger partial charge in [-0.1, -0.05) is 24.3 Å². The topological polar surface area (TPSA) is 60.8 Å². The summed E-state index contributed by atoms with van der Waals surface area (Å²) in [5.41, 5.74) is 5.30. The van der Waals surface area contributed by atoms with Crippen LogP contribution in [0.4, 0.5) is 0 Å². The average molecular weight is 499 g/mol. The van der Waals surface area contributed by atoms with Crippen LogP contribution in [0.2, 0.25) is 0 Å². The van der Waals surface area contributed by atoms with Crippen LogP contribution in [0.3, 0.4) is 0 Å². The van der Waals surface area contributed by atoms with E-state index < -0.39 is 0 Å². The highest BCUT2D eigenvalue weighted by Gasteiger charge is 2.13. The summed E-state index contributed by atoms with van der Waals surface area (Å²) in [7, 11) is 5.48. The monoisotopic (exact) mass is 498 g/mol. The lowest BCUT2D eigenvalue weighted by molar-refractivity contribution is 0.0601. The molecule has 3 aromatic carbocycles. The van der Waals surface area contributed by atoms with Crippen LogP contribution in [0, 0.1) is 13.8 Å². The predicted octanol–water partition coefficient (Wildman–Crippen LogP) is 5.45. The van der Waals surface area contributed by atoms with Crippen LogP contribution in [0.25, 0.3) is 21.9 Å². The molecule has 4 rings (SSSR count). The van der Waals surface area contributed by atoms with Crippen molar-refractivity contribution in [2.45, 2.75) is 26.8 Å². The third kappa shape index (κ3) is 6.09. The molecule has 0 unspecified atom stereocenters. The Kier molecular flexibility index (Phi) is 8.09. The van der Waals surface area contributed by atoms with Crippen LogP contribution in [0.1, 0.15) is 33.6 Å². The zero-order chi connectivity index (χ0) is 26.5. The molecule has 0 bridgehead atoms. The number of carbonyl (C=O) groups is 1. The van der Waals surface area contributed by atoms with Crippen molar-refractivity contribution in [1.82, 2.24) is 9.47 Å². The number of aromatic nitrogens is 1. The smallest absolute Gasteiger partial charge is 0.337 e. The Bertz CT molecular complexity index is 1490. The quantitative estimate of drug-likeness (QED) is 0.227. The fraction of sp³-hybridized carbons (Fsp3) is 0.290. The number of fused-ring (bicyclic) bond motifs is 1. The second-order valence-electron chi connectivity index (χ2n) is 9.65. The third-order valence-corrected chi connectivity index (χ3v) is 6.54. The molecule has 0 N–H and O–H groups in total. The Labute approximate surface area is 218 Å². The van der Waals surface area contributed by atoms with Gasteiger partial charge in [-0.2, -0.15) is 0 Å². The van der Waals surface area contributed by atoms with Crippen molar-refractivity contribution >= 4 is 16.7 Å². The van der Waals surface area contributed by atoms with Gasteiger partial charge in [0.15, 0.2) is 0 Å². The van der Waals surface area contributed by atoms with Gasteiger partial charge in [0.05, 0.1) is 25.8 Å². The predicted molar refractivity (Wildman–Crippen MR) is 149 cm³/mol.